The predicted molar refractivity (Wildman–Crippen MR) is 92.6 cm³/mol. The lowest BCUT2D eigenvalue weighted by molar-refractivity contribution is -0.115. The number of halogens is 2. The second kappa shape index (κ2) is 6.66. The lowest BCUT2D eigenvalue weighted by Gasteiger charge is -2.23. The Morgan fingerprint density at radius 1 is 1.50 bits per heavy atom. The van der Waals surface area contributed by atoms with E-state index in [-0.39, 0.29) is 6.04 Å². The van der Waals surface area contributed by atoms with Crippen molar-refractivity contribution in [3.8, 4) is 11.3 Å². The molecule has 0 radical (unpaired) electrons. The van der Waals surface area contributed by atoms with Crippen molar-refractivity contribution in [2.75, 3.05) is 11.5 Å². The minimum atomic E-state index is -0.579. The van der Waals surface area contributed by atoms with Crippen molar-refractivity contribution >= 4 is 50.3 Å². The Morgan fingerprint density at radius 3 is 2.86 bits per heavy atom. The van der Waals surface area contributed by atoms with Gasteiger partial charge in [-0.25, -0.2) is 4.98 Å². The Bertz CT molecular complexity index is 677. The van der Waals surface area contributed by atoms with Crippen LogP contribution >= 0.6 is 38.9 Å². The smallest absolute Gasteiger partial charge is 0.190 e. The molecule has 7 heteroatoms. The lowest BCUT2D eigenvalue weighted by Crippen LogP contribution is -2.37. The number of nitrogens with zero attached hydrogens (tertiary/aromatic N) is 2. The number of ether oxygens (including phenoxy) is 1. The van der Waals surface area contributed by atoms with Crippen molar-refractivity contribution in [1.82, 2.24) is 4.98 Å². The molecule has 0 bridgehead atoms. The Kier molecular flexibility index (Phi) is 4.82. The maximum absolute atomic E-state index is 11.2. The molecule has 1 saturated heterocycles. The van der Waals surface area contributed by atoms with Gasteiger partial charge in [0, 0.05) is 10.0 Å². The van der Waals surface area contributed by atoms with Gasteiger partial charge in [-0.05, 0) is 18.6 Å². The fraction of sp³-hybridized carbons (Fsp3) is 0.333. The molecule has 3 rings (SSSR count). The number of carbonyl (C=O) groups excluding carboxylic acids is 1. The van der Waals surface area contributed by atoms with E-state index in [1.807, 2.05) is 29.2 Å². The van der Waals surface area contributed by atoms with E-state index < -0.39 is 6.23 Å². The van der Waals surface area contributed by atoms with Crippen molar-refractivity contribution in [2.45, 2.75) is 25.6 Å². The highest BCUT2D eigenvalue weighted by atomic mass is 79.9. The molecule has 0 spiro atoms. The van der Waals surface area contributed by atoms with Gasteiger partial charge in [0.25, 0.3) is 0 Å². The molecule has 22 heavy (non-hydrogen) atoms. The number of aldehydes is 1. The number of rotatable bonds is 4. The molecule has 1 fully saturated rings. The largest absolute Gasteiger partial charge is 0.349 e. The standard InChI is InChI=1S/C15H14BrClN2O2S/c1-2-11-8-21-12(7-20)19(11)15-18-13(14(17)22-15)9-3-5-10(16)6-4-9/h3-7,11-12H,2,8H2,1H3/t11-,12?/m0/s1. The van der Waals surface area contributed by atoms with E-state index in [1.54, 1.807) is 0 Å². The number of thiazole rings is 1. The van der Waals surface area contributed by atoms with Gasteiger partial charge in [0.05, 0.1) is 12.6 Å². The van der Waals surface area contributed by atoms with Gasteiger partial charge in [-0.2, -0.15) is 0 Å². The fourth-order valence-electron chi connectivity index (χ4n) is 2.45. The Labute approximate surface area is 146 Å². The summed E-state index contributed by atoms with van der Waals surface area (Å²) in [6.45, 7) is 2.60. The van der Waals surface area contributed by atoms with Crippen molar-refractivity contribution in [3.63, 3.8) is 0 Å². The number of hydrogen-bond donors (Lipinski definition) is 0. The molecule has 1 aliphatic rings. The molecular weight excluding hydrogens is 388 g/mol. The van der Waals surface area contributed by atoms with E-state index in [9.17, 15) is 4.79 Å². The molecule has 1 unspecified atom stereocenters. The highest BCUT2D eigenvalue weighted by Gasteiger charge is 2.35. The van der Waals surface area contributed by atoms with Crippen LogP contribution in [0.3, 0.4) is 0 Å². The summed E-state index contributed by atoms with van der Waals surface area (Å²) in [6, 6.07) is 7.97. The Hall–Kier alpha value is -0.950. The maximum Gasteiger partial charge on any atom is 0.190 e. The van der Waals surface area contributed by atoms with Gasteiger partial charge in [0.1, 0.15) is 10.0 Å². The summed E-state index contributed by atoms with van der Waals surface area (Å²) >= 11 is 11.2. The average Bonchev–Trinajstić information content (AvgIpc) is 3.10. The van der Waals surface area contributed by atoms with Gasteiger partial charge in [-0.1, -0.05) is 57.9 Å². The molecule has 1 aliphatic heterocycles. The average molecular weight is 402 g/mol. The minimum Gasteiger partial charge on any atom is -0.349 e. The van der Waals surface area contributed by atoms with Crippen LogP contribution in [0.5, 0.6) is 0 Å². The first-order valence-electron chi connectivity index (χ1n) is 6.91. The van der Waals surface area contributed by atoms with Crippen molar-refractivity contribution in [2.24, 2.45) is 0 Å². The SMILES string of the molecule is CC[C@H]1COC(C=O)N1c1nc(-c2ccc(Br)cc2)c(Cl)s1. The van der Waals surface area contributed by atoms with Gasteiger partial charge in [-0.15, -0.1) is 0 Å². The van der Waals surface area contributed by atoms with E-state index in [4.69, 9.17) is 16.3 Å². The van der Waals surface area contributed by atoms with Crippen LogP contribution in [0.1, 0.15) is 13.3 Å². The minimum absolute atomic E-state index is 0.148. The van der Waals surface area contributed by atoms with Crippen LogP contribution in [-0.4, -0.2) is 30.1 Å². The van der Waals surface area contributed by atoms with Crippen LogP contribution in [0.2, 0.25) is 4.34 Å². The molecule has 0 amide bonds. The summed E-state index contributed by atoms with van der Waals surface area (Å²) in [5.74, 6) is 0. The van der Waals surface area contributed by atoms with E-state index in [1.165, 1.54) is 11.3 Å². The maximum atomic E-state index is 11.2. The van der Waals surface area contributed by atoms with Crippen LogP contribution in [0.25, 0.3) is 11.3 Å². The summed E-state index contributed by atoms with van der Waals surface area (Å²) in [6.07, 6.45) is 1.12. The molecule has 2 atom stereocenters. The summed E-state index contributed by atoms with van der Waals surface area (Å²) < 4.78 is 7.14. The van der Waals surface area contributed by atoms with Crippen LogP contribution in [0, 0.1) is 0 Å². The van der Waals surface area contributed by atoms with Gasteiger partial charge in [0.15, 0.2) is 17.6 Å². The van der Waals surface area contributed by atoms with Crippen molar-refractivity contribution in [1.29, 1.82) is 0 Å². The predicted octanol–water partition coefficient (Wildman–Crippen LogP) is 4.37. The quantitative estimate of drug-likeness (QED) is 0.714. The number of carbonyl (C=O) groups is 1. The first kappa shape index (κ1) is 15.9. The van der Waals surface area contributed by atoms with Crippen molar-refractivity contribution < 1.29 is 9.53 Å². The summed E-state index contributed by atoms with van der Waals surface area (Å²) in [5, 5.41) is 0.726. The van der Waals surface area contributed by atoms with Crippen molar-refractivity contribution in [3.05, 3.63) is 33.1 Å². The molecule has 0 aliphatic carbocycles. The molecule has 2 aromatic rings. The molecular formula is C15H14BrClN2O2S. The molecule has 1 aromatic heterocycles. The summed E-state index contributed by atoms with van der Waals surface area (Å²) in [7, 11) is 0. The third kappa shape index (κ3) is 2.93. The molecule has 1 aromatic carbocycles. The van der Waals surface area contributed by atoms with Crippen LogP contribution in [0.15, 0.2) is 28.7 Å². The van der Waals surface area contributed by atoms with Gasteiger partial charge >= 0.3 is 0 Å². The molecule has 0 N–H and O–H groups in total. The van der Waals surface area contributed by atoms with Gasteiger partial charge < -0.3 is 9.64 Å². The van der Waals surface area contributed by atoms with Crippen LogP contribution < -0.4 is 4.90 Å². The number of benzene rings is 1. The summed E-state index contributed by atoms with van der Waals surface area (Å²) in [4.78, 5) is 17.8. The normalized spacial score (nSPS) is 21.3. The zero-order chi connectivity index (χ0) is 15.7. The number of anilines is 1. The Morgan fingerprint density at radius 2 is 2.23 bits per heavy atom. The zero-order valence-electron chi connectivity index (χ0n) is 11.8. The monoisotopic (exact) mass is 400 g/mol. The van der Waals surface area contributed by atoms with E-state index in [2.05, 4.69) is 27.8 Å². The van der Waals surface area contributed by atoms with Crippen LogP contribution in [-0.2, 0) is 9.53 Å². The lowest BCUT2D eigenvalue weighted by atomic mass is 10.2. The second-order valence-corrected chi connectivity index (χ2v) is 7.45. The van der Waals surface area contributed by atoms with E-state index >= 15 is 0 Å². The third-order valence-corrected chi connectivity index (χ3v) is 5.42. The van der Waals surface area contributed by atoms with Gasteiger partial charge in [-0.3, -0.25) is 4.79 Å². The summed E-state index contributed by atoms with van der Waals surface area (Å²) in [5.41, 5.74) is 1.69. The van der Waals surface area contributed by atoms with E-state index in [0.717, 1.165) is 33.6 Å². The highest BCUT2D eigenvalue weighted by Crippen LogP contribution is 2.39. The molecule has 2 heterocycles. The first-order chi connectivity index (χ1) is 10.6. The van der Waals surface area contributed by atoms with E-state index in [0.29, 0.717) is 10.9 Å². The first-order valence-corrected chi connectivity index (χ1v) is 8.90. The fourth-order valence-corrected chi connectivity index (χ4v) is 3.99. The molecule has 116 valence electrons. The topological polar surface area (TPSA) is 42.4 Å². The Balaban J connectivity index is 1.97. The highest BCUT2D eigenvalue weighted by molar-refractivity contribution is 9.10. The van der Waals surface area contributed by atoms with Gasteiger partial charge in [0.2, 0.25) is 0 Å². The zero-order valence-corrected chi connectivity index (χ0v) is 15.0. The third-order valence-electron chi connectivity index (χ3n) is 3.63. The number of aromatic nitrogens is 1. The molecule has 4 nitrogen and oxygen atoms in total. The van der Waals surface area contributed by atoms with Crippen LogP contribution in [0.4, 0.5) is 5.13 Å². The second-order valence-electron chi connectivity index (χ2n) is 4.95. The number of hydrogen-bond acceptors (Lipinski definition) is 5. The molecule has 0 saturated carbocycles.